The van der Waals surface area contributed by atoms with Gasteiger partial charge in [0.2, 0.25) is 5.91 Å². The van der Waals surface area contributed by atoms with Crippen LogP contribution >= 0.6 is 31.9 Å². The van der Waals surface area contributed by atoms with Gasteiger partial charge < -0.3 is 25.3 Å². The Morgan fingerprint density at radius 1 is 0.938 bits per heavy atom. The van der Waals surface area contributed by atoms with E-state index in [0.29, 0.717) is 59.0 Å². The molecule has 0 aliphatic carbocycles. The van der Waals surface area contributed by atoms with Gasteiger partial charge in [-0.2, -0.15) is 15.5 Å². The third kappa shape index (κ3) is 8.26. The molecule has 6 rings (SSSR count). The molecule has 242 valence electrons. The monoisotopic (exact) mass is 776 g/mol. The highest BCUT2D eigenvalue weighted by Gasteiger charge is 2.20. The molecular weight excluding hydrogens is 755 g/mol. The largest absolute Gasteiger partial charge is 0.488 e. The molecule has 0 atom stereocenters. The number of nitrogens with two attached hydrogens (primary N) is 1. The van der Waals surface area contributed by atoms with Gasteiger partial charge in [-0.1, -0.05) is 31.9 Å². The van der Waals surface area contributed by atoms with Crippen LogP contribution in [0.15, 0.2) is 82.0 Å². The fourth-order valence-corrected chi connectivity index (χ4v) is 5.14. The summed E-state index contributed by atoms with van der Waals surface area (Å²) in [5, 5.41) is 38.1. The number of esters is 2. The fraction of sp³-hybridized carbons (Fsp3) is 0.0667. The third-order valence-corrected chi connectivity index (χ3v) is 7.21. The lowest BCUT2D eigenvalue weighted by Gasteiger charge is -2.05. The van der Waals surface area contributed by atoms with Gasteiger partial charge in [-0.05, 0) is 66.1 Å². The van der Waals surface area contributed by atoms with Gasteiger partial charge in [0.15, 0.2) is 22.7 Å². The number of carbonyl (C=O) groups excluding carboxylic acids is 3. The number of fused-ring (bicyclic) bond motifs is 2. The zero-order chi connectivity index (χ0) is 35.0. The summed E-state index contributed by atoms with van der Waals surface area (Å²) >= 11 is 6.48. The molecule has 5 N–H and O–H groups in total. The predicted octanol–water partition coefficient (Wildman–Crippen LogP) is 2.81. The van der Waals surface area contributed by atoms with E-state index in [1.54, 1.807) is 67.0 Å². The number of ether oxygens (including phenoxy) is 2. The number of hydrogen-bond donors (Lipinski definition) is 4. The summed E-state index contributed by atoms with van der Waals surface area (Å²) in [6.07, 6.45) is 3.21. The maximum Gasteiger partial charge on any atom is 0.488 e. The van der Waals surface area contributed by atoms with E-state index >= 15 is 0 Å². The number of hydrogen-bond acceptors (Lipinski definition) is 12. The number of nitrogens with one attached hydrogen (secondary N) is 1. The Kier molecular flexibility index (Phi) is 11.7. The van der Waals surface area contributed by atoms with E-state index in [1.165, 1.54) is 25.0 Å². The predicted molar refractivity (Wildman–Crippen MR) is 180 cm³/mol. The number of carbonyl (C=O) groups is 3. The molecule has 0 aliphatic heterocycles. The summed E-state index contributed by atoms with van der Waals surface area (Å²) in [7, 11) is 1.08. The minimum absolute atomic E-state index is 0.149. The Balaban J connectivity index is 0.000000177. The zero-order valence-electron chi connectivity index (χ0n) is 25.0. The number of nitrogens with zero attached hydrogens (tertiary/aromatic N) is 6. The van der Waals surface area contributed by atoms with Crippen LogP contribution in [0.5, 0.6) is 0 Å². The number of primary amides is 1. The molecule has 48 heavy (non-hydrogen) atoms. The van der Waals surface area contributed by atoms with Crippen LogP contribution in [0.4, 0.5) is 0 Å². The molecule has 0 fully saturated rings. The molecule has 0 bridgehead atoms. The van der Waals surface area contributed by atoms with Gasteiger partial charge in [-0.3, -0.25) is 9.89 Å². The molecular formula is C30H23BBr2N8O7. The Bertz CT molecular complexity index is 2180. The summed E-state index contributed by atoms with van der Waals surface area (Å²) in [6.45, 7) is 0. The van der Waals surface area contributed by atoms with E-state index in [1.807, 2.05) is 6.07 Å². The molecule has 6 aromatic rings. The van der Waals surface area contributed by atoms with E-state index in [0.717, 1.165) is 0 Å². The smallest absolute Gasteiger partial charge is 0.464 e. The minimum atomic E-state index is -1.53. The zero-order valence-corrected chi connectivity index (χ0v) is 28.1. The lowest BCUT2D eigenvalue weighted by atomic mass is 9.80. The first-order chi connectivity index (χ1) is 23.0. The number of halogens is 2. The van der Waals surface area contributed by atoms with Gasteiger partial charge in [-0.25, -0.2) is 24.2 Å². The Hall–Kier alpha value is -5.48. The molecule has 4 heterocycles. The van der Waals surface area contributed by atoms with Crippen LogP contribution < -0.4 is 11.2 Å². The number of nitriles is 1. The van der Waals surface area contributed by atoms with Crippen LogP contribution in [-0.2, 0) is 9.47 Å². The maximum absolute atomic E-state index is 11.9. The summed E-state index contributed by atoms with van der Waals surface area (Å²) in [4.78, 5) is 42.7. The first-order valence-electron chi connectivity index (χ1n) is 13.4. The summed E-state index contributed by atoms with van der Waals surface area (Å²) in [5.74, 6) is -1.56. The standard InChI is InChI=1S/C15H11BrN4O3.C8H7N3O2.C7H5BBrNO2/c1-23-15(22)12-11-3-2-4-18-14(11)20(19-12)10-6-8(13(17)21)5-9(16)7-10;1-13-8(12)6-5-3-2-4-9-7(5)11-10-6;9-7-2-5(4-10)1-6(3-7)8(11)12/h2-7H,1H3,(H2,17,21);2-4H,1H3,(H,9,10,11);1-3,11-12H. The van der Waals surface area contributed by atoms with Crippen molar-refractivity contribution in [2.45, 2.75) is 0 Å². The molecule has 4 aromatic heterocycles. The van der Waals surface area contributed by atoms with Crippen LogP contribution in [0.2, 0.25) is 0 Å². The van der Waals surface area contributed by atoms with Crippen molar-refractivity contribution >= 4 is 84.4 Å². The van der Waals surface area contributed by atoms with Gasteiger partial charge in [0.05, 0.1) is 42.3 Å². The highest BCUT2D eigenvalue weighted by Crippen LogP contribution is 2.24. The van der Waals surface area contributed by atoms with Crippen molar-refractivity contribution in [1.29, 1.82) is 5.26 Å². The maximum atomic E-state index is 11.9. The SMILES string of the molecule is COC(=O)c1[nH]nc2ncccc12.COC(=O)c1nn(-c2cc(Br)cc(C(N)=O)c2)c2ncccc12.N#Cc1cc(Br)cc(B(O)O)c1. The van der Waals surface area contributed by atoms with E-state index in [4.69, 9.17) is 25.8 Å². The van der Waals surface area contributed by atoms with Crippen molar-refractivity contribution in [3.63, 3.8) is 0 Å². The van der Waals surface area contributed by atoms with Gasteiger partial charge in [-0.15, -0.1) is 0 Å². The second kappa shape index (κ2) is 15.9. The Morgan fingerprint density at radius 2 is 1.60 bits per heavy atom. The van der Waals surface area contributed by atoms with Crippen LogP contribution in [-0.4, -0.2) is 79.2 Å². The number of benzene rings is 2. The van der Waals surface area contributed by atoms with Crippen molar-refractivity contribution in [1.82, 2.24) is 29.9 Å². The molecule has 15 nitrogen and oxygen atoms in total. The highest BCUT2D eigenvalue weighted by atomic mass is 79.9. The quantitative estimate of drug-likeness (QED) is 0.146. The molecule has 0 radical (unpaired) electrons. The van der Waals surface area contributed by atoms with E-state index < -0.39 is 25.0 Å². The van der Waals surface area contributed by atoms with Gasteiger partial charge in [0.1, 0.15) is 0 Å². The van der Waals surface area contributed by atoms with Crippen molar-refractivity contribution in [3.8, 4) is 11.8 Å². The van der Waals surface area contributed by atoms with Crippen molar-refractivity contribution in [2.24, 2.45) is 5.73 Å². The molecule has 0 spiro atoms. The average Bonchev–Trinajstić information content (AvgIpc) is 3.70. The topological polar surface area (TPSA) is 232 Å². The summed E-state index contributed by atoms with van der Waals surface area (Å²) in [5.41, 5.74) is 8.38. The second-order valence-electron chi connectivity index (χ2n) is 9.41. The number of pyridine rings is 2. The summed E-state index contributed by atoms with van der Waals surface area (Å²) in [6, 6.07) is 18.3. The molecule has 0 saturated carbocycles. The first-order valence-corrected chi connectivity index (χ1v) is 15.0. The van der Waals surface area contributed by atoms with Gasteiger partial charge >= 0.3 is 19.1 Å². The molecule has 1 amide bonds. The highest BCUT2D eigenvalue weighted by molar-refractivity contribution is 9.10. The van der Waals surface area contributed by atoms with E-state index in [2.05, 4.69) is 61.9 Å². The van der Waals surface area contributed by atoms with Crippen LogP contribution in [0.3, 0.4) is 0 Å². The van der Waals surface area contributed by atoms with E-state index in [-0.39, 0.29) is 5.69 Å². The minimum Gasteiger partial charge on any atom is -0.464 e. The number of methoxy groups -OCH3 is 2. The van der Waals surface area contributed by atoms with E-state index in [9.17, 15) is 14.4 Å². The number of aromatic nitrogens is 6. The van der Waals surface area contributed by atoms with Gasteiger partial charge in [0, 0.05) is 26.9 Å². The third-order valence-electron chi connectivity index (χ3n) is 6.30. The second-order valence-corrected chi connectivity index (χ2v) is 11.2. The Morgan fingerprint density at radius 3 is 2.25 bits per heavy atom. The molecule has 18 heteroatoms. The average molecular weight is 778 g/mol. The summed E-state index contributed by atoms with van der Waals surface area (Å²) < 4.78 is 12.1. The normalized spacial score (nSPS) is 10.2. The lowest BCUT2D eigenvalue weighted by molar-refractivity contribution is 0.0587. The first kappa shape index (κ1) is 35.4. The number of aromatic amines is 1. The van der Waals surface area contributed by atoms with Crippen molar-refractivity contribution < 1.29 is 33.9 Å². The van der Waals surface area contributed by atoms with Crippen LogP contribution in [0.1, 0.15) is 36.9 Å². The van der Waals surface area contributed by atoms with Crippen LogP contribution in [0, 0.1) is 11.3 Å². The van der Waals surface area contributed by atoms with Gasteiger partial charge in [0.25, 0.3) is 0 Å². The molecule has 0 saturated heterocycles. The molecule has 0 unspecified atom stereocenters. The van der Waals surface area contributed by atoms with Crippen molar-refractivity contribution in [2.75, 3.05) is 14.2 Å². The number of rotatable bonds is 5. The number of amides is 1. The molecule has 2 aromatic carbocycles. The lowest BCUT2D eigenvalue weighted by Crippen LogP contribution is -2.29. The van der Waals surface area contributed by atoms with Crippen LogP contribution in [0.25, 0.3) is 27.8 Å². The van der Waals surface area contributed by atoms with Crippen molar-refractivity contribution in [3.05, 3.63) is 105 Å². The number of H-pyrrole nitrogens is 1. The Labute approximate surface area is 288 Å². The fourth-order valence-electron chi connectivity index (χ4n) is 4.15. The molecule has 0 aliphatic rings.